The Balaban J connectivity index is 2.06. The highest BCUT2D eigenvalue weighted by Crippen LogP contribution is 2.61. The Labute approximate surface area is 150 Å². The highest BCUT2D eigenvalue weighted by atomic mass is 16.3. The summed E-state index contributed by atoms with van der Waals surface area (Å²) in [4.78, 5) is 13.5. The molecule has 0 radical (unpaired) electrons. The number of phenols is 2. The number of hydrogen-bond acceptors (Lipinski definition) is 4. The first kappa shape index (κ1) is 18.2. The molecular weight excluding hydrogens is 314 g/mol. The molecular formula is C21H31NO3. The average molecular weight is 345 g/mol. The number of nitrogens with two attached hydrogens (primary N) is 1. The molecule has 1 aromatic carbocycles. The molecule has 0 unspecified atom stereocenters. The van der Waals surface area contributed by atoms with Crippen LogP contribution in [0.25, 0.3) is 0 Å². The van der Waals surface area contributed by atoms with Crippen molar-refractivity contribution in [3.8, 4) is 11.5 Å². The molecule has 0 heterocycles. The normalized spacial score (nSPS) is 37.3. The first-order valence-corrected chi connectivity index (χ1v) is 9.39. The van der Waals surface area contributed by atoms with Gasteiger partial charge in [-0.1, -0.05) is 34.1 Å². The van der Waals surface area contributed by atoms with Crippen LogP contribution in [0, 0.1) is 28.6 Å². The van der Waals surface area contributed by atoms with Crippen LogP contribution in [0.1, 0.15) is 63.7 Å². The Morgan fingerprint density at radius 1 is 1.12 bits per heavy atom. The van der Waals surface area contributed by atoms with E-state index >= 15 is 0 Å². The molecule has 0 spiro atoms. The summed E-state index contributed by atoms with van der Waals surface area (Å²) in [5, 5.41) is 19.6. The van der Waals surface area contributed by atoms with Gasteiger partial charge >= 0.3 is 0 Å². The Bertz CT molecular complexity index is 663. The third kappa shape index (κ3) is 2.95. The van der Waals surface area contributed by atoms with Crippen LogP contribution in [-0.4, -0.2) is 22.0 Å². The van der Waals surface area contributed by atoms with Crippen molar-refractivity contribution in [3.05, 3.63) is 23.8 Å². The van der Waals surface area contributed by atoms with E-state index in [4.69, 9.17) is 5.73 Å². The number of aromatic hydroxyl groups is 2. The lowest BCUT2D eigenvalue weighted by atomic mass is 9.45. The van der Waals surface area contributed by atoms with E-state index in [1.165, 1.54) is 24.6 Å². The second kappa shape index (κ2) is 6.01. The minimum Gasteiger partial charge on any atom is -0.508 e. The molecule has 4 heteroatoms. The van der Waals surface area contributed by atoms with Gasteiger partial charge in [0, 0.05) is 23.6 Å². The minimum atomic E-state index is -0.193. The van der Waals surface area contributed by atoms with Gasteiger partial charge < -0.3 is 15.9 Å². The van der Waals surface area contributed by atoms with Crippen LogP contribution in [0.2, 0.25) is 0 Å². The largest absolute Gasteiger partial charge is 0.508 e. The zero-order valence-corrected chi connectivity index (χ0v) is 15.7. The van der Waals surface area contributed by atoms with Crippen LogP contribution in [0.5, 0.6) is 11.5 Å². The second-order valence-corrected chi connectivity index (χ2v) is 9.24. The van der Waals surface area contributed by atoms with E-state index in [-0.39, 0.29) is 46.0 Å². The monoisotopic (exact) mass is 345 g/mol. The van der Waals surface area contributed by atoms with Gasteiger partial charge in [-0.3, -0.25) is 4.79 Å². The van der Waals surface area contributed by atoms with E-state index in [1.54, 1.807) is 0 Å². The van der Waals surface area contributed by atoms with Gasteiger partial charge in [-0.25, -0.2) is 0 Å². The van der Waals surface area contributed by atoms with Crippen molar-refractivity contribution in [1.29, 1.82) is 0 Å². The molecule has 0 bridgehead atoms. The van der Waals surface area contributed by atoms with E-state index in [1.807, 2.05) is 0 Å². The highest BCUT2D eigenvalue weighted by Gasteiger charge is 2.57. The number of hydrogen-bond donors (Lipinski definition) is 3. The van der Waals surface area contributed by atoms with E-state index in [2.05, 4.69) is 27.7 Å². The molecule has 2 fully saturated rings. The molecule has 0 amide bonds. The van der Waals surface area contributed by atoms with E-state index in [0.29, 0.717) is 11.5 Å². The van der Waals surface area contributed by atoms with Crippen LogP contribution in [0.3, 0.4) is 0 Å². The maximum absolute atomic E-state index is 13.5. The molecule has 2 saturated carbocycles. The maximum Gasteiger partial charge on any atom is 0.167 e. The standard InChI is InChI=1S/C21H31NO3/c1-12-16(22)11-17-20(2,3)6-5-7-21(17,4)18(12)19(25)13-8-14(23)10-15(24)9-13/h8-10,12,16-18,23-24H,5-7,11,22H2,1-4H3/t12-,16+,17+,18-,21+/m1/s1. The van der Waals surface area contributed by atoms with Gasteiger partial charge in [0.25, 0.3) is 0 Å². The Hall–Kier alpha value is -1.55. The summed E-state index contributed by atoms with van der Waals surface area (Å²) in [6.45, 7) is 8.95. The molecule has 3 rings (SSSR count). The van der Waals surface area contributed by atoms with E-state index in [9.17, 15) is 15.0 Å². The number of ketones is 1. The predicted molar refractivity (Wildman–Crippen MR) is 98.6 cm³/mol. The Morgan fingerprint density at radius 3 is 2.32 bits per heavy atom. The van der Waals surface area contributed by atoms with Crippen LogP contribution in [0.4, 0.5) is 0 Å². The van der Waals surface area contributed by atoms with Crippen LogP contribution < -0.4 is 5.73 Å². The van der Waals surface area contributed by atoms with Gasteiger partial charge in [0.2, 0.25) is 0 Å². The first-order chi connectivity index (χ1) is 11.6. The van der Waals surface area contributed by atoms with Crippen LogP contribution in [0.15, 0.2) is 18.2 Å². The molecule has 1 aromatic rings. The topological polar surface area (TPSA) is 83.6 Å². The lowest BCUT2D eigenvalue weighted by Crippen LogP contribution is -2.59. The summed E-state index contributed by atoms with van der Waals surface area (Å²) < 4.78 is 0. The summed E-state index contributed by atoms with van der Waals surface area (Å²) in [7, 11) is 0. The molecule has 0 saturated heterocycles. The molecule has 2 aliphatic rings. The number of Topliss-reactive ketones (excluding diaryl/α,β-unsaturated/α-hetero) is 1. The zero-order chi connectivity index (χ0) is 18.6. The quantitative estimate of drug-likeness (QED) is 0.705. The molecule has 138 valence electrons. The average Bonchev–Trinajstić information content (AvgIpc) is 2.48. The van der Waals surface area contributed by atoms with Crippen molar-refractivity contribution in [3.63, 3.8) is 0 Å². The number of carbonyl (C=O) groups excluding carboxylic acids is 1. The lowest BCUT2D eigenvalue weighted by Gasteiger charge is -2.60. The number of phenolic OH excluding ortho intramolecular Hbond substituents is 2. The number of carbonyl (C=O) groups is 1. The van der Waals surface area contributed by atoms with E-state index in [0.717, 1.165) is 19.3 Å². The fraction of sp³-hybridized carbons (Fsp3) is 0.667. The van der Waals surface area contributed by atoms with Crippen LogP contribution in [-0.2, 0) is 0 Å². The molecule has 4 N–H and O–H groups in total. The molecule has 25 heavy (non-hydrogen) atoms. The fourth-order valence-corrected chi connectivity index (χ4v) is 5.92. The van der Waals surface area contributed by atoms with Crippen molar-refractivity contribution in [2.45, 2.75) is 59.4 Å². The van der Waals surface area contributed by atoms with Gasteiger partial charge in [0.05, 0.1) is 0 Å². The summed E-state index contributed by atoms with van der Waals surface area (Å²) in [5.74, 6) is 0.122. The van der Waals surface area contributed by atoms with Crippen molar-refractivity contribution in [2.24, 2.45) is 34.3 Å². The molecule has 4 nitrogen and oxygen atoms in total. The van der Waals surface area contributed by atoms with Gasteiger partial charge in [-0.05, 0) is 54.1 Å². The minimum absolute atomic E-state index is 0.000880. The van der Waals surface area contributed by atoms with Gasteiger partial charge in [0.15, 0.2) is 5.78 Å². The summed E-state index contributed by atoms with van der Waals surface area (Å²) in [6, 6.07) is 4.17. The number of fused-ring (bicyclic) bond motifs is 1. The van der Waals surface area contributed by atoms with Gasteiger partial charge in [-0.2, -0.15) is 0 Å². The molecule has 5 atom stereocenters. The fourth-order valence-electron chi connectivity index (χ4n) is 5.92. The summed E-state index contributed by atoms with van der Waals surface area (Å²) >= 11 is 0. The molecule has 2 aliphatic carbocycles. The first-order valence-electron chi connectivity index (χ1n) is 9.39. The smallest absolute Gasteiger partial charge is 0.167 e. The zero-order valence-electron chi connectivity index (χ0n) is 15.7. The SMILES string of the molecule is C[C@@H]1[C@@H](N)C[C@H]2C(C)(C)CCC[C@]2(C)[C@H]1C(=O)c1cc(O)cc(O)c1. The molecule has 0 aromatic heterocycles. The Morgan fingerprint density at radius 2 is 1.72 bits per heavy atom. The number of benzene rings is 1. The van der Waals surface area contributed by atoms with Gasteiger partial charge in [0.1, 0.15) is 11.5 Å². The summed E-state index contributed by atoms with van der Waals surface area (Å²) in [5.41, 5.74) is 6.93. The number of rotatable bonds is 2. The Kier molecular flexibility index (Phi) is 4.39. The van der Waals surface area contributed by atoms with Crippen molar-refractivity contribution < 1.29 is 15.0 Å². The lowest BCUT2D eigenvalue weighted by molar-refractivity contribution is -0.0865. The third-order valence-corrected chi connectivity index (χ3v) is 7.16. The van der Waals surface area contributed by atoms with E-state index < -0.39 is 0 Å². The highest BCUT2D eigenvalue weighted by molar-refractivity contribution is 5.99. The van der Waals surface area contributed by atoms with Crippen molar-refractivity contribution in [1.82, 2.24) is 0 Å². The van der Waals surface area contributed by atoms with Gasteiger partial charge in [-0.15, -0.1) is 0 Å². The van der Waals surface area contributed by atoms with Crippen LogP contribution >= 0.6 is 0 Å². The predicted octanol–water partition coefficient (Wildman–Crippen LogP) is 4.10. The van der Waals surface area contributed by atoms with Crippen molar-refractivity contribution in [2.75, 3.05) is 0 Å². The third-order valence-electron chi connectivity index (χ3n) is 7.16. The maximum atomic E-state index is 13.5. The summed E-state index contributed by atoms with van der Waals surface area (Å²) in [6.07, 6.45) is 4.28. The van der Waals surface area contributed by atoms with Crippen molar-refractivity contribution >= 4 is 5.78 Å². The second-order valence-electron chi connectivity index (χ2n) is 9.24. The molecule has 0 aliphatic heterocycles.